The molecule has 1 fully saturated rings. The van der Waals surface area contributed by atoms with Crippen molar-refractivity contribution in [3.63, 3.8) is 0 Å². The lowest BCUT2D eigenvalue weighted by Crippen LogP contribution is -2.39. The number of carbonyl (C=O) groups excluding carboxylic acids is 1. The van der Waals surface area contributed by atoms with Gasteiger partial charge in [0, 0.05) is 25.1 Å². The minimum Gasteiger partial charge on any atom is -0.481 e. The van der Waals surface area contributed by atoms with Gasteiger partial charge >= 0.3 is 5.97 Å². The fourth-order valence-electron chi connectivity index (χ4n) is 3.12. The van der Waals surface area contributed by atoms with Gasteiger partial charge in [0.2, 0.25) is 5.91 Å². The van der Waals surface area contributed by atoms with Crippen molar-refractivity contribution in [1.29, 1.82) is 0 Å². The first-order valence-electron chi connectivity index (χ1n) is 7.53. The van der Waals surface area contributed by atoms with Gasteiger partial charge in [0.25, 0.3) is 0 Å². The van der Waals surface area contributed by atoms with Gasteiger partial charge in [-0.1, -0.05) is 18.2 Å². The Morgan fingerprint density at radius 3 is 2.91 bits per heavy atom. The first-order valence-corrected chi connectivity index (χ1v) is 7.53. The van der Waals surface area contributed by atoms with Crippen molar-refractivity contribution in [3.05, 3.63) is 30.5 Å². The lowest BCUT2D eigenvalue weighted by atomic mass is 10.1. The molecule has 3 rings (SSSR count). The molecule has 2 unspecified atom stereocenters. The SMILES string of the molecule is COC1CC(CC(=O)O)N(C(=O)Cn2ncc3ccccc32)C1. The standard InChI is InChI=1S/C16H19N3O4/c1-23-13-6-12(7-16(21)22)18(9-13)15(20)10-19-14-5-3-2-4-11(14)8-17-19/h2-5,8,12-13H,6-7,9-10H2,1H3,(H,21,22). The molecule has 2 heterocycles. The van der Waals surface area contributed by atoms with E-state index in [-0.39, 0.29) is 31.0 Å². The lowest BCUT2D eigenvalue weighted by Gasteiger charge is -2.23. The maximum absolute atomic E-state index is 12.6. The summed E-state index contributed by atoms with van der Waals surface area (Å²) in [5.74, 6) is -1.04. The summed E-state index contributed by atoms with van der Waals surface area (Å²) in [6.07, 6.45) is 2.09. The molecule has 0 radical (unpaired) electrons. The van der Waals surface area contributed by atoms with E-state index < -0.39 is 5.97 Å². The average Bonchev–Trinajstić information content (AvgIpc) is 3.11. The highest BCUT2D eigenvalue weighted by atomic mass is 16.5. The zero-order chi connectivity index (χ0) is 16.4. The molecule has 2 atom stereocenters. The van der Waals surface area contributed by atoms with E-state index in [1.807, 2.05) is 24.3 Å². The molecular weight excluding hydrogens is 298 g/mol. The van der Waals surface area contributed by atoms with Crippen LogP contribution in [0.1, 0.15) is 12.8 Å². The molecular formula is C16H19N3O4. The largest absolute Gasteiger partial charge is 0.481 e. The number of benzene rings is 1. The van der Waals surface area contributed by atoms with Crippen molar-refractivity contribution >= 4 is 22.8 Å². The minimum absolute atomic E-state index is 0.0640. The van der Waals surface area contributed by atoms with E-state index in [0.717, 1.165) is 10.9 Å². The van der Waals surface area contributed by atoms with Gasteiger partial charge in [-0.3, -0.25) is 14.3 Å². The van der Waals surface area contributed by atoms with Crippen LogP contribution in [0.4, 0.5) is 0 Å². The van der Waals surface area contributed by atoms with Crippen LogP contribution in [-0.2, 0) is 20.9 Å². The number of likely N-dealkylation sites (tertiary alicyclic amines) is 1. The van der Waals surface area contributed by atoms with Crippen LogP contribution in [0.2, 0.25) is 0 Å². The summed E-state index contributed by atoms with van der Waals surface area (Å²) >= 11 is 0. The lowest BCUT2D eigenvalue weighted by molar-refractivity contribution is -0.140. The van der Waals surface area contributed by atoms with E-state index in [1.165, 1.54) is 0 Å². The van der Waals surface area contributed by atoms with E-state index in [0.29, 0.717) is 13.0 Å². The number of aliphatic carboxylic acids is 1. The van der Waals surface area contributed by atoms with Gasteiger partial charge in [-0.15, -0.1) is 0 Å². The number of nitrogens with zero attached hydrogens (tertiary/aromatic N) is 3. The highest BCUT2D eigenvalue weighted by Gasteiger charge is 2.36. The van der Waals surface area contributed by atoms with Crippen molar-refractivity contribution in [1.82, 2.24) is 14.7 Å². The molecule has 1 N–H and O–H groups in total. The van der Waals surface area contributed by atoms with Crippen LogP contribution in [0.3, 0.4) is 0 Å². The quantitative estimate of drug-likeness (QED) is 0.893. The van der Waals surface area contributed by atoms with Crippen molar-refractivity contribution in [3.8, 4) is 0 Å². The van der Waals surface area contributed by atoms with Crippen LogP contribution in [0.15, 0.2) is 30.5 Å². The molecule has 1 saturated heterocycles. The second kappa shape index (κ2) is 6.37. The van der Waals surface area contributed by atoms with Gasteiger partial charge in [0.05, 0.1) is 24.2 Å². The Hall–Kier alpha value is -2.41. The normalized spacial score (nSPS) is 21.0. The molecule has 7 heteroatoms. The molecule has 0 aliphatic carbocycles. The second-order valence-electron chi connectivity index (χ2n) is 5.75. The smallest absolute Gasteiger partial charge is 0.305 e. The molecule has 0 bridgehead atoms. The first-order chi connectivity index (χ1) is 11.1. The van der Waals surface area contributed by atoms with Crippen LogP contribution in [0, 0.1) is 0 Å². The Kier molecular flexibility index (Phi) is 4.29. The number of carbonyl (C=O) groups is 2. The molecule has 0 spiro atoms. The molecule has 1 aliphatic heterocycles. The third-order valence-electron chi connectivity index (χ3n) is 4.28. The second-order valence-corrected chi connectivity index (χ2v) is 5.75. The van der Waals surface area contributed by atoms with Crippen LogP contribution < -0.4 is 0 Å². The number of carboxylic acids is 1. The fourth-order valence-corrected chi connectivity index (χ4v) is 3.12. The number of rotatable bonds is 5. The topological polar surface area (TPSA) is 84.7 Å². The fraction of sp³-hybridized carbons (Fsp3) is 0.438. The predicted octanol–water partition coefficient (Wildman–Crippen LogP) is 1.13. The Morgan fingerprint density at radius 2 is 2.17 bits per heavy atom. The molecule has 2 aromatic rings. The summed E-state index contributed by atoms with van der Waals surface area (Å²) in [6, 6.07) is 7.34. The number of para-hydroxylation sites is 1. The number of methoxy groups -OCH3 is 1. The third kappa shape index (κ3) is 3.19. The van der Waals surface area contributed by atoms with Crippen LogP contribution in [0.25, 0.3) is 10.9 Å². The zero-order valence-electron chi connectivity index (χ0n) is 12.9. The monoisotopic (exact) mass is 317 g/mol. The summed E-state index contributed by atoms with van der Waals surface area (Å²) < 4.78 is 6.95. The summed E-state index contributed by atoms with van der Waals surface area (Å²) in [4.78, 5) is 25.3. The Balaban J connectivity index is 1.77. The van der Waals surface area contributed by atoms with E-state index in [9.17, 15) is 9.59 Å². The summed E-state index contributed by atoms with van der Waals surface area (Å²) in [5.41, 5.74) is 0.887. The molecule has 1 aromatic carbocycles. The molecule has 122 valence electrons. The molecule has 1 aromatic heterocycles. The van der Waals surface area contributed by atoms with Gasteiger partial charge in [-0.25, -0.2) is 0 Å². The zero-order valence-corrected chi connectivity index (χ0v) is 12.9. The highest BCUT2D eigenvalue weighted by Crippen LogP contribution is 2.23. The third-order valence-corrected chi connectivity index (χ3v) is 4.28. The van der Waals surface area contributed by atoms with Gasteiger partial charge in [0.15, 0.2) is 0 Å². The molecule has 23 heavy (non-hydrogen) atoms. The minimum atomic E-state index is -0.908. The number of hydrogen-bond donors (Lipinski definition) is 1. The van der Waals surface area contributed by atoms with E-state index in [1.54, 1.807) is 22.9 Å². The van der Waals surface area contributed by atoms with Crippen molar-refractivity contribution in [2.45, 2.75) is 31.5 Å². The van der Waals surface area contributed by atoms with Gasteiger partial charge in [-0.05, 0) is 12.5 Å². The van der Waals surface area contributed by atoms with E-state index >= 15 is 0 Å². The maximum atomic E-state index is 12.6. The number of hydrogen-bond acceptors (Lipinski definition) is 4. The Labute approximate surface area is 133 Å². The molecule has 0 saturated carbocycles. The van der Waals surface area contributed by atoms with Crippen molar-refractivity contribution in [2.24, 2.45) is 0 Å². The van der Waals surface area contributed by atoms with Crippen molar-refractivity contribution < 1.29 is 19.4 Å². The van der Waals surface area contributed by atoms with Crippen LogP contribution >= 0.6 is 0 Å². The summed E-state index contributed by atoms with van der Waals surface area (Å²) in [6.45, 7) is 0.520. The number of ether oxygens (including phenoxy) is 1. The van der Waals surface area contributed by atoms with Gasteiger partial charge in [0.1, 0.15) is 6.54 Å². The number of fused-ring (bicyclic) bond motifs is 1. The van der Waals surface area contributed by atoms with Crippen molar-refractivity contribution in [2.75, 3.05) is 13.7 Å². The maximum Gasteiger partial charge on any atom is 0.305 e. The van der Waals surface area contributed by atoms with Crippen LogP contribution in [-0.4, -0.2) is 57.5 Å². The predicted molar refractivity (Wildman–Crippen MR) is 82.9 cm³/mol. The van der Waals surface area contributed by atoms with E-state index in [4.69, 9.17) is 9.84 Å². The number of carboxylic acid groups (broad SMARTS) is 1. The first kappa shape index (κ1) is 15.5. The highest BCUT2D eigenvalue weighted by molar-refractivity contribution is 5.82. The molecule has 1 amide bonds. The molecule has 1 aliphatic rings. The summed E-state index contributed by atoms with van der Waals surface area (Å²) in [7, 11) is 1.58. The average molecular weight is 317 g/mol. The number of amides is 1. The van der Waals surface area contributed by atoms with Crippen LogP contribution in [0.5, 0.6) is 0 Å². The molecule has 7 nitrogen and oxygen atoms in total. The summed E-state index contributed by atoms with van der Waals surface area (Å²) in [5, 5.41) is 14.3. The Morgan fingerprint density at radius 1 is 1.39 bits per heavy atom. The van der Waals surface area contributed by atoms with Gasteiger partial charge in [-0.2, -0.15) is 5.10 Å². The van der Waals surface area contributed by atoms with Gasteiger partial charge < -0.3 is 14.7 Å². The Bertz CT molecular complexity index is 727. The number of aromatic nitrogens is 2. The van der Waals surface area contributed by atoms with E-state index in [2.05, 4.69) is 5.10 Å².